The van der Waals surface area contributed by atoms with Gasteiger partial charge >= 0.3 is 0 Å². The van der Waals surface area contributed by atoms with Crippen LogP contribution >= 0.6 is 0 Å². The van der Waals surface area contributed by atoms with Crippen LogP contribution in [0.15, 0.2) is 59.5 Å². The number of hydrogen-bond donors (Lipinski definition) is 2. The maximum absolute atomic E-state index is 12.9. The predicted octanol–water partition coefficient (Wildman–Crippen LogP) is 1.62. The van der Waals surface area contributed by atoms with E-state index in [1.165, 1.54) is 0 Å². The fourth-order valence-corrected chi connectivity index (χ4v) is 5.40. The van der Waals surface area contributed by atoms with E-state index in [0.29, 0.717) is 0 Å². The standard InChI is InChI=1S/C17H19NO3S/c1-12-7-9-14(10-8-12)22(20,21)16-15(17(16,18)11-19)13-5-3-2-4-6-13/h2-10,15-16,19H,11,18H2,1H3/t15-,16-,17-/m0/s1. The van der Waals surface area contributed by atoms with Crippen LogP contribution in [0.4, 0.5) is 0 Å². The molecule has 22 heavy (non-hydrogen) atoms. The van der Waals surface area contributed by atoms with Crippen LogP contribution in [0.5, 0.6) is 0 Å². The van der Waals surface area contributed by atoms with Gasteiger partial charge in [-0.05, 0) is 24.6 Å². The molecule has 0 aromatic heterocycles. The second kappa shape index (κ2) is 5.19. The van der Waals surface area contributed by atoms with Gasteiger partial charge in [0.15, 0.2) is 9.84 Å². The number of benzene rings is 2. The molecule has 0 amide bonds. The molecule has 4 nitrogen and oxygen atoms in total. The van der Waals surface area contributed by atoms with E-state index in [2.05, 4.69) is 0 Å². The Bertz CT molecular complexity index is 771. The molecule has 0 heterocycles. The minimum atomic E-state index is -3.58. The summed E-state index contributed by atoms with van der Waals surface area (Å²) in [6.07, 6.45) is 0. The lowest BCUT2D eigenvalue weighted by molar-refractivity contribution is 0.253. The lowest BCUT2D eigenvalue weighted by atomic mass is 10.1. The molecule has 3 atom stereocenters. The van der Waals surface area contributed by atoms with Crippen molar-refractivity contribution in [3.63, 3.8) is 0 Å². The molecule has 2 aromatic rings. The zero-order chi connectivity index (χ0) is 16.0. The van der Waals surface area contributed by atoms with Crippen molar-refractivity contribution in [1.29, 1.82) is 0 Å². The fraction of sp³-hybridized carbons (Fsp3) is 0.294. The van der Waals surface area contributed by atoms with Crippen LogP contribution in [0.1, 0.15) is 17.0 Å². The predicted molar refractivity (Wildman–Crippen MR) is 85.3 cm³/mol. The summed E-state index contributed by atoms with van der Waals surface area (Å²) < 4.78 is 25.7. The maximum Gasteiger partial charge on any atom is 0.183 e. The molecule has 1 aliphatic carbocycles. The molecule has 0 radical (unpaired) electrons. The lowest BCUT2D eigenvalue weighted by Crippen LogP contribution is -2.35. The average Bonchev–Trinajstić information content (AvgIpc) is 3.16. The van der Waals surface area contributed by atoms with Crippen LogP contribution in [0, 0.1) is 6.92 Å². The second-order valence-corrected chi connectivity index (χ2v) is 8.01. The van der Waals surface area contributed by atoms with Gasteiger partial charge in [0, 0.05) is 5.92 Å². The van der Waals surface area contributed by atoms with E-state index in [1.807, 2.05) is 37.3 Å². The molecular weight excluding hydrogens is 298 g/mol. The van der Waals surface area contributed by atoms with Crippen LogP contribution in [-0.4, -0.2) is 30.9 Å². The summed E-state index contributed by atoms with van der Waals surface area (Å²) in [6.45, 7) is 1.55. The van der Waals surface area contributed by atoms with Crippen molar-refractivity contribution in [2.75, 3.05) is 6.61 Å². The summed E-state index contributed by atoms with van der Waals surface area (Å²) in [4.78, 5) is 0.254. The maximum atomic E-state index is 12.9. The van der Waals surface area contributed by atoms with Gasteiger partial charge in [-0.3, -0.25) is 0 Å². The summed E-state index contributed by atoms with van der Waals surface area (Å²) in [5, 5.41) is 8.84. The lowest BCUT2D eigenvalue weighted by Gasteiger charge is -2.08. The Morgan fingerprint density at radius 2 is 1.68 bits per heavy atom. The SMILES string of the molecule is Cc1ccc(S(=O)(=O)[C@H]2[C@H](c3ccccc3)[C@@]2(N)CO)cc1. The monoisotopic (exact) mass is 317 g/mol. The van der Waals surface area contributed by atoms with Gasteiger partial charge in [-0.1, -0.05) is 48.0 Å². The highest BCUT2D eigenvalue weighted by molar-refractivity contribution is 7.92. The molecule has 3 rings (SSSR count). The molecule has 1 aliphatic rings. The molecule has 0 bridgehead atoms. The smallest absolute Gasteiger partial charge is 0.183 e. The molecule has 0 saturated heterocycles. The van der Waals surface area contributed by atoms with E-state index in [0.717, 1.165) is 11.1 Å². The third-order valence-corrected chi connectivity index (χ3v) is 6.73. The van der Waals surface area contributed by atoms with Gasteiger partial charge in [0.25, 0.3) is 0 Å². The normalized spacial score (nSPS) is 27.6. The molecule has 2 aromatic carbocycles. The first-order chi connectivity index (χ1) is 10.4. The first-order valence-corrected chi connectivity index (χ1v) is 8.71. The number of hydrogen-bond acceptors (Lipinski definition) is 4. The molecular formula is C17H19NO3S. The van der Waals surface area contributed by atoms with Crippen molar-refractivity contribution in [3.05, 3.63) is 65.7 Å². The highest BCUT2D eigenvalue weighted by atomic mass is 32.2. The Balaban J connectivity index is 2.01. The zero-order valence-electron chi connectivity index (χ0n) is 12.3. The molecule has 1 saturated carbocycles. The van der Waals surface area contributed by atoms with E-state index in [-0.39, 0.29) is 17.4 Å². The number of aliphatic hydroxyl groups excluding tert-OH is 1. The van der Waals surface area contributed by atoms with E-state index >= 15 is 0 Å². The molecule has 0 unspecified atom stereocenters. The highest BCUT2D eigenvalue weighted by Crippen LogP contribution is 2.55. The summed E-state index contributed by atoms with van der Waals surface area (Å²) in [7, 11) is -3.58. The van der Waals surface area contributed by atoms with E-state index in [9.17, 15) is 13.5 Å². The van der Waals surface area contributed by atoms with Gasteiger partial charge < -0.3 is 10.8 Å². The van der Waals surface area contributed by atoms with Crippen molar-refractivity contribution in [3.8, 4) is 0 Å². The first-order valence-electron chi connectivity index (χ1n) is 7.16. The van der Waals surface area contributed by atoms with Gasteiger partial charge in [-0.25, -0.2) is 8.42 Å². The molecule has 116 valence electrons. The van der Waals surface area contributed by atoms with Gasteiger partial charge in [0.05, 0.1) is 22.3 Å². The topological polar surface area (TPSA) is 80.4 Å². The Hall–Kier alpha value is -1.69. The number of sulfone groups is 1. The Morgan fingerprint density at radius 1 is 1.09 bits per heavy atom. The summed E-state index contributed by atoms with van der Waals surface area (Å²) >= 11 is 0. The average molecular weight is 317 g/mol. The number of aliphatic hydroxyl groups is 1. The van der Waals surface area contributed by atoms with E-state index in [1.54, 1.807) is 24.3 Å². The molecule has 5 heteroatoms. The highest BCUT2D eigenvalue weighted by Gasteiger charge is 2.68. The largest absolute Gasteiger partial charge is 0.394 e. The van der Waals surface area contributed by atoms with Gasteiger partial charge in [-0.2, -0.15) is 0 Å². The quantitative estimate of drug-likeness (QED) is 0.898. The summed E-state index contributed by atoms with van der Waals surface area (Å²) in [5.41, 5.74) is 6.91. The van der Waals surface area contributed by atoms with E-state index < -0.39 is 20.6 Å². The van der Waals surface area contributed by atoms with Crippen molar-refractivity contribution in [1.82, 2.24) is 0 Å². The third kappa shape index (κ3) is 2.26. The molecule has 0 aliphatic heterocycles. The van der Waals surface area contributed by atoms with Gasteiger partial charge in [-0.15, -0.1) is 0 Å². The minimum absolute atomic E-state index is 0.254. The van der Waals surface area contributed by atoms with Gasteiger partial charge in [0.1, 0.15) is 0 Å². The van der Waals surface area contributed by atoms with Crippen LogP contribution in [0.2, 0.25) is 0 Å². The van der Waals surface area contributed by atoms with Crippen molar-refractivity contribution >= 4 is 9.84 Å². The number of rotatable bonds is 4. The van der Waals surface area contributed by atoms with Crippen molar-refractivity contribution in [2.45, 2.75) is 28.5 Å². The Kier molecular flexibility index (Phi) is 3.59. The summed E-state index contributed by atoms with van der Waals surface area (Å²) in [5.74, 6) is -0.384. The molecule has 1 fully saturated rings. The Labute approximate surface area is 130 Å². The van der Waals surface area contributed by atoms with Crippen LogP contribution in [0.3, 0.4) is 0 Å². The number of aryl methyl sites for hydroxylation is 1. The molecule has 0 spiro atoms. The number of nitrogens with two attached hydrogens (primary N) is 1. The van der Waals surface area contributed by atoms with Crippen molar-refractivity contribution in [2.24, 2.45) is 5.73 Å². The van der Waals surface area contributed by atoms with Gasteiger partial charge in [0.2, 0.25) is 0 Å². The Morgan fingerprint density at radius 3 is 2.23 bits per heavy atom. The molecule has 3 N–H and O–H groups in total. The van der Waals surface area contributed by atoms with Crippen molar-refractivity contribution < 1.29 is 13.5 Å². The zero-order valence-corrected chi connectivity index (χ0v) is 13.1. The van der Waals surface area contributed by atoms with E-state index in [4.69, 9.17) is 5.73 Å². The van der Waals surface area contributed by atoms with Crippen LogP contribution in [-0.2, 0) is 9.84 Å². The summed E-state index contributed by atoms with van der Waals surface area (Å²) in [6, 6.07) is 16.0. The second-order valence-electron chi connectivity index (χ2n) is 5.94. The van der Waals surface area contributed by atoms with Crippen LogP contribution in [0.25, 0.3) is 0 Å². The first kappa shape index (κ1) is 15.2. The third-order valence-electron chi connectivity index (χ3n) is 4.42. The minimum Gasteiger partial charge on any atom is -0.394 e. The fourth-order valence-electron chi connectivity index (χ4n) is 3.10. The van der Waals surface area contributed by atoms with Crippen LogP contribution < -0.4 is 5.73 Å².